The SMILES string of the molecule is Cc1cc(OCc2c(F)cccc2F)c2nc(C)c(C(=O)NC(CNC(=O)OC(=O)C(F)(F)F)c3ccc(C#N)cc3)n2c1. The van der Waals surface area contributed by atoms with E-state index in [0.29, 0.717) is 11.1 Å². The van der Waals surface area contributed by atoms with Gasteiger partial charge in [0, 0.05) is 12.7 Å². The summed E-state index contributed by atoms with van der Waals surface area (Å²) in [6, 6.07) is 11.5. The lowest BCUT2D eigenvalue weighted by Crippen LogP contribution is -2.40. The van der Waals surface area contributed by atoms with Gasteiger partial charge in [0.25, 0.3) is 5.91 Å². The van der Waals surface area contributed by atoms with Crippen molar-refractivity contribution in [3.8, 4) is 11.8 Å². The molecule has 4 rings (SSSR count). The van der Waals surface area contributed by atoms with E-state index in [1.807, 2.05) is 11.4 Å². The van der Waals surface area contributed by atoms with Crippen LogP contribution in [0.25, 0.3) is 5.65 Å². The number of rotatable bonds is 8. The van der Waals surface area contributed by atoms with Crippen molar-refractivity contribution in [3.63, 3.8) is 0 Å². The lowest BCUT2D eigenvalue weighted by atomic mass is 10.0. The number of ether oxygens (including phenoxy) is 2. The molecule has 0 spiro atoms. The third kappa shape index (κ3) is 7.09. The highest BCUT2D eigenvalue weighted by Gasteiger charge is 2.42. The highest BCUT2D eigenvalue weighted by Crippen LogP contribution is 2.27. The summed E-state index contributed by atoms with van der Waals surface area (Å²) >= 11 is 0. The molecule has 10 nitrogen and oxygen atoms in total. The third-order valence-corrected chi connectivity index (χ3v) is 6.26. The fraction of sp³-hybridized carbons (Fsp3) is 0.207. The highest BCUT2D eigenvalue weighted by molar-refractivity contribution is 5.95. The van der Waals surface area contributed by atoms with Crippen molar-refractivity contribution in [1.29, 1.82) is 5.26 Å². The number of halogens is 5. The maximum Gasteiger partial charge on any atom is 0.491 e. The summed E-state index contributed by atoms with van der Waals surface area (Å²) in [6.07, 6.45) is -5.53. The number of hydrogen-bond donors (Lipinski definition) is 2. The number of fused-ring (bicyclic) bond motifs is 1. The van der Waals surface area contributed by atoms with Crippen LogP contribution in [-0.2, 0) is 16.1 Å². The Balaban J connectivity index is 1.61. The van der Waals surface area contributed by atoms with E-state index in [-0.39, 0.29) is 33.9 Å². The summed E-state index contributed by atoms with van der Waals surface area (Å²) in [6.45, 7) is 2.22. The number of nitriles is 1. The number of carbonyl (C=O) groups excluding carboxylic acids is 3. The second-order valence-corrected chi connectivity index (χ2v) is 9.43. The number of esters is 1. The molecule has 2 N–H and O–H groups in total. The Morgan fingerprint density at radius 3 is 2.34 bits per heavy atom. The van der Waals surface area contributed by atoms with Crippen LogP contribution < -0.4 is 15.4 Å². The van der Waals surface area contributed by atoms with Crippen molar-refractivity contribution in [1.82, 2.24) is 20.0 Å². The van der Waals surface area contributed by atoms with Crippen LogP contribution in [0.3, 0.4) is 0 Å². The standard InChI is InChI=1S/C29H22F5N5O5/c1-15-10-23(43-14-19-20(30)4-3-5-21(19)31)25-37-16(2)24(39(25)13-15)26(40)38-22(18-8-6-17(11-35)7-9-18)12-36-28(42)44-27(41)29(32,33)34/h3-10,13,22H,12,14H2,1-2H3,(H,36,42)(H,38,40). The minimum Gasteiger partial charge on any atom is -0.485 e. The molecule has 2 aromatic heterocycles. The van der Waals surface area contributed by atoms with Crippen LogP contribution in [0, 0.1) is 36.8 Å². The van der Waals surface area contributed by atoms with Gasteiger partial charge in [-0.25, -0.2) is 23.4 Å². The van der Waals surface area contributed by atoms with E-state index in [9.17, 15) is 36.3 Å². The van der Waals surface area contributed by atoms with E-state index in [0.717, 1.165) is 12.1 Å². The smallest absolute Gasteiger partial charge is 0.485 e. The Kier molecular flexibility index (Phi) is 9.12. The number of aryl methyl sites for hydroxylation is 2. The zero-order valence-corrected chi connectivity index (χ0v) is 23.0. The van der Waals surface area contributed by atoms with Gasteiger partial charge in [0.05, 0.1) is 28.9 Å². The average molecular weight is 616 g/mol. The molecule has 0 saturated heterocycles. The first-order chi connectivity index (χ1) is 20.8. The summed E-state index contributed by atoms with van der Waals surface area (Å²) in [7, 11) is 0. The minimum atomic E-state index is -5.40. The maximum absolute atomic E-state index is 14.1. The van der Waals surface area contributed by atoms with Gasteiger partial charge in [-0.05, 0) is 55.3 Å². The normalized spacial score (nSPS) is 11.9. The number of aromatic nitrogens is 2. The summed E-state index contributed by atoms with van der Waals surface area (Å²) in [5, 5.41) is 13.8. The molecule has 2 amide bonds. The predicted molar refractivity (Wildman–Crippen MR) is 142 cm³/mol. The Bertz CT molecular complexity index is 1760. The number of nitrogens with one attached hydrogen (secondary N) is 2. The third-order valence-electron chi connectivity index (χ3n) is 6.26. The van der Waals surface area contributed by atoms with E-state index in [2.05, 4.69) is 15.0 Å². The van der Waals surface area contributed by atoms with Gasteiger partial charge < -0.3 is 20.1 Å². The molecule has 15 heteroatoms. The Hall–Kier alpha value is -5.52. The molecule has 4 aromatic rings. The Morgan fingerprint density at radius 1 is 1.07 bits per heavy atom. The molecular weight excluding hydrogens is 593 g/mol. The van der Waals surface area contributed by atoms with Gasteiger partial charge in [0.15, 0.2) is 11.4 Å². The fourth-order valence-electron chi connectivity index (χ4n) is 4.19. The Labute approximate surface area is 246 Å². The van der Waals surface area contributed by atoms with Crippen molar-refractivity contribution >= 4 is 23.6 Å². The van der Waals surface area contributed by atoms with Crippen LogP contribution in [0.4, 0.5) is 26.7 Å². The first-order valence-electron chi connectivity index (χ1n) is 12.7. The molecule has 0 saturated carbocycles. The number of alkyl carbamates (subject to hydrolysis) is 1. The van der Waals surface area contributed by atoms with E-state index in [4.69, 9.17) is 10.00 Å². The molecule has 228 valence electrons. The number of imidazole rings is 1. The number of amides is 2. The lowest BCUT2D eigenvalue weighted by molar-refractivity contribution is -0.192. The molecule has 0 aliphatic rings. The lowest BCUT2D eigenvalue weighted by Gasteiger charge is -2.20. The largest absolute Gasteiger partial charge is 0.491 e. The minimum absolute atomic E-state index is 0.0130. The molecular formula is C29H22F5N5O5. The highest BCUT2D eigenvalue weighted by atomic mass is 19.4. The van der Waals surface area contributed by atoms with Crippen LogP contribution in [0.2, 0.25) is 0 Å². The van der Waals surface area contributed by atoms with Gasteiger partial charge >= 0.3 is 18.2 Å². The average Bonchev–Trinajstić information content (AvgIpc) is 3.30. The number of alkyl halides is 3. The zero-order chi connectivity index (χ0) is 32.2. The number of hydrogen-bond acceptors (Lipinski definition) is 7. The fourth-order valence-corrected chi connectivity index (χ4v) is 4.19. The van der Waals surface area contributed by atoms with Crippen LogP contribution >= 0.6 is 0 Å². The van der Waals surface area contributed by atoms with Crippen molar-refractivity contribution < 1.29 is 45.8 Å². The van der Waals surface area contributed by atoms with Crippen molar-refractivity contribution in [2.75, 3.05) is 6.54 Å². The van der Waals surface area contributed by atoms with E-state index >= 15 is 0 Å². The molecule has 1 atom stereocenters. The van der Waals surface area contributed by atoms with Gasteiger partial charge in [-0.15, -0.1) is 0 Å². The van der Waals surface area contributed by atoms with E-state index in [1.165, 1.54) is 41.7 Å². The number of pyridine rings is 1. The molecule has 2 aromatic carbocycles. The summed E-state index contributed by atoms with van der Waals surface area (Å²) in [5.41, 5.74) is 1.29. The first-order valence-corrected chi connectivity index (χ1v) is 12.7. The Morgan fingerprint density at radius 2 is 1.73 bits per heavy atom. The summed E-state index contributed by atoms with van der Waals surface area (Å²) < 4.78 is 76.6. The van der Waals surface area contributed by atoms with Crippen LogP contribution in [0.1, 0.15) is 44.5 Å². The molecule has 44 heavy (non-hydrogen) atoms. The van der Waals surface area contributed by atoms with Crippen LogP contribution in [0.15, 0.2) is 54.7 Å². The van der Waals surface area contributed by atoms with Crippen LogP contribution in [0.5, 0.6) is 5.75 Å². The van der Waals surface area contributed by atoms with Crippen molar-refractivity contribution in [2.45, 2.75) is 32.7 Å². The molecule has 0 aliphatic carbocycles. The van der Waals surface area contributed by atoms with Gasteiger partial charge in [0.2, 0.25) is 0 Å². The molecule has 0 bridgehead atoms. The number of nitrogens with zero attached hydrogens (tertiary/aromatic N) is 3. The topological polar surface area (TPSA) is 135 Å². The van der Waals surface area contributed by atoms with Gasteiger partial charge in [-0.2, -0.15) is 18.4 Å². The second-order valence-electron chi connectivity index (χ2n) is 9.43. The van der Waals surface area contributed by atoms with Gasteiger partial charge in [0.1, 0.15) is 23.9 Å². The van der Waals surface area contributed by atoms with Gasteiger partial charge in [-0.1, -0.05) is 18.2 Å². The molecule has 1 unspecified atom stereocenters. The molecule has 0 radical (unpaired) electrons. The van der Waals surface area contributed by atoms with Gasteiger partial charge in [-0.3, -0.25) is 9.20 Å². The number of benzene rings is 2. The van der Waals surface area contributed by atoms with E-state index < -0.39 is 55.0 Å². The second kappa shape index (κ2) is 12.8. The van der Waals surface area contributed by atoms with Crippen molar-refractivity contribution in [2.24, 2.45) is 0 Å². The molecule has 0 fully saturated rings. The maximum atomic E-state index is 14.1. The predicted octanol–water partition coefficient (Wildman–Crippen LogP) is 4.97. The summed E-state index contributed by atoms with van der Waals surface area (Å²) in [4.78, 5) is 40.8. The first kappa shape index (κ1) is 31.4. The monoisotopic (exact) mass is 615 g/mol. The summed E-state index contributed by atoms with van der Waals surface area (Å²) in [5.74, 6) is -4.94. The quantitative estimate of drug-likeness (QED) is 0.162. The number of carbonyl (C=O) groups is 3. The van der Waals surface area contributed by atoms with E-state index in [1.54, 1.807) is 19.2 Å². The van der Waals surface area contributed by atoms with Crippen LogP contribution in [-0.4, -0.2) is 40.1 Å². The zero-order valence-electron chi connectivity index (χ0n) is 23.0. The molecule has 2 heterocycles. The van der Waals surface area contributed by atoms with Crippen molar-refractivity contribution in [3.05, 3.63) is 100 Å². The molecule has 0 aliphatic heterocycles.